The van der Waals surface area contributed by atoms with Gasteiger partial charge in [0.2, 0.25) is 0 Å². The number of nitriles is 1. The Morgan fingerprint density at radius 2 is 2.07 bits per heavy atom. The molecule has 4 heteroatoms. The standard InChI is InChI=1S/C11H9F2NO/c1-15-11-7-10(13)9(12)6-8(11)4-2-3-5-14/h2,4,6-7H,3H2,1H3. The van der Waals surface area contributed by atoms with Crippen LogP contribution in [0.5, 0.6) is 5.75 Å². The lowest BCUT2D eigenvalue weighted by Crippen LogP contribution is -1.92. The van der Waals surface area contributed by atoms with Crippen molar-refractivity contribution in [2.45, 2.75) is 6.42 Å². The fourth-order valence-electron chi connectivity index (χ4n) is 1.09. The van der Waals surface area contributed by atoms with Gasteiger partial charge in [-0.25, -0.2) is 8.78 Å². The Hall–Kier alpha value is -1.89. The van der Waals surface area contributed by atoms with Crippen molar-refractivity contribution in [1.82, 2.24) is 0 Å². The second-order valence-electron chi connectivity index (χ2n) is 2.77. The highest BCUT2D eigenvalue weighted by molar-refractivity contribution is 5.57. The Morgan fingerprint density at radius 1 is 1.40 bits per heavy atom. The van der Waals surface area contributed by atoms with Crippen LogP contribution in [0.15, 0.2) is 18.2 Å². The van der Waals surface area contributed by atoms with Gasteiger partial charge in [0, 0.05) is 11.6 Å². The molecule has 1 aromatic rings. The number of ether oxygens (including phenoxy) is 1. The molecule has 2 nitrogen and oxygen atoms in total. The smallest absolute Gasteiger partial charge is 0.162 e. The van der Waals surface area contributed by atoms with Crippen LogP contribution in [-0.2, 0) is 0 Å². The van der Waals surface area contributed by atoms with Crippen LogP contribution < -0.4 is 4.74 Å². The summed E-state index contributed by atoms with van der Waals surface area (Å²) in [7, 11) is 1.37. The molecule has 0 N–H and O–H groups in total. The van der Waals surface area contributed by atoms with Crippen molar-refractivity contribution in [3.63, 3.8) is 0 Å². The van der Waals surface area contributed by atoms with E-state index >= 15 is 0 Å². The highest BCUT2D eigenvalue weighted by atomic mass is 19.2. The van der Waals surface area contributed by atoms with Crippen LogP contribution in [0.25, 0.3) is 6.08 Å². The molecule has 0 aliphatic heterocycles. The van der Waals surface area contributed by atoms with Gasteiger partial charge in [-0.1, -0.05) is 12.2 Å². The maximum atomic E-state index is 12.9. The molecule has 0 saturated carbocycles. The van der Waals surface area contributed by atoms with Gasteiger partial charge in [-0.05, 0) is 6.07 Å². The largest absolute Gasteiger partial charge is 0.496 e. The third-order valence-electron chi connectivity index (χ3n) is 1.78. The highest BCUT2D eigenvalue weighted by Gasteiger charge is 2.07. The van der Waals surface area contributed by atoms with Crippen LogP contribution >= 0.6 is 0 Å². The van der Waals surface area contributed by atoms with Crippen LogP contribution in [0.4, 0.5) is 8.78 Å². The van der Waals surface area contributed by atoms with E-state index in [1.165, 1.54) is 13.2 Å². The molecule has 0 atom stereocenters. The summed E-state index contributed by atoms with van der Waals surface area (Å²) >= 11 is 0. The van der Waals surface area contributed by atoms with Crippen molar-refractivity contribution in [3.05, 3.63) is 35.4 Å². The summed E-state index contributed by atoms with van der Waals surface area (Å²) in [6.45, 7) is 0. The van der Waals surface area contributed by atoms with Crippen LogP contribution in [-0.4, -0.2) is 7.11 Å². The average Bonchev–Trinajstić information content (AvgIpc) is 2.23. The molecule has 0 saturated heterocycles. The number of benzene rings is 1. The molecule has 0 spiro atoms. The number of nitrogens with zero attached hydrogens (tertiary/aromatic N) is 1. The number of hydrogen-bond acceptors (Lipinski definition) is 2. The number of allylic oxidation sites excluding steroid dienone is 1. The quantitative estimate of drug-likeness (QED) is 0.766. The van der Waals surface area contributed by atoms with Gasteiger partial charge in [-0.3, -0.25) is 0 Å². The van der Waals surface area contributed by atoms with Crippen molar-refractivity contribution in [2.24, 2.45) is 0 Å². The van der Waals surface area contributed by atoms with Crippen molar-refractivity contribution in [1.29, 1.82) is 5.26 Å². The molecule has 1 aromatic carbocycles. The Balaban J connectivity index is 3.06. The Morgan fingerprint density at radius 3 is 2.67 bits per heavy atom. The molecule has 1 rings (SSSR count). The zero-order valence-corrected chi connectivity index (χ0v) is 8.13. The van der Waals surface area contributed by atoms with Gasteiger partial charge in [-0.2, -0.15) is 5.26 Å². The first kappa shape index (κ1) is 11.2. The first-order valence-corrected chi connectivity index (χ1v) is 4.25. The molecule has 78 valence electrons. The lowest BCUT2D eigenvalue weighted by atomic mass is 10.1. The van der Waals surface area contributed by atoms with Crippen molar-refractivity contribution >= 4 is 6.08 Å². The predicted molar refractivity (Wildman–Crippen MR) is 52.2 cm³/mol. The molecule has 0 bridgehead atoms. The first-order chi connectivity index (χ1) is 7.19. The Bertz CT molecular complexity index is 421. The van der Waals surface area contributed by atoms with Crippen molar-refractivity contribution in [3.8, 4) is 11.8 Å². The molecule has 15 heavy (non-hydrogen) atoms. The molecule has 0 amide bonds. The summed E-state index contributed by atoms with van der Waals surface area (Å²) in [5.41, 5.74) is 0.409. The lowest BCUT2D eigenvalue weighted by molar-refractivity contribution is 0.405. The normalized spacial score (nSPS) is 10.3. The molecule has 0 radical (unpaired) electrons. The SMILES string of the molecule is COc1cc(F)c(F)cc1C=CCC#N. The summed E-state index contributed by atoms with van der Waals surface area (Å²) in [6.07, 6.45) is 3.28. The molecule has 0 aliphatic carbocycles. The number of rotatable bonds is 3. The minimum absolute atomic E-state index is 0.210. The van der Waals surface area contributed by atoms with E-state index in [-0.39, 0.29) is 12.2 Å². The Kier molecular flexibility index (Phi) is 3.81. The summed E-state index contributed by atoms with van der Waals surface area (Å²) < 4.78 is 30.5. The summed E-state index contributed by atoms with van der Waals surface area (Å²) in [6, 6.07) is 3.91. The van der Waals surface area contributed by atoms with Crippen molar-refractivity contribution < 1.29 is 13.5 Å². The van der Waals surface area contributed by atoms with Crippen LogP contribution in [0.2, 0.25) is 0 Å². The maximum Gasteiger partial charge on any atom is 0.162 e. The fourth-order valence-corrected chi connectivity index (χ4v) is 1.09. The van der Waals surface area contributed by atoms with E-state index < -0.39 is 11.6 Å². The van der Waals surface area contributed by atoms with Crippen LogP contribution in [0.1, 0.15) is 12.0 Å². The second kappa shape index (κ2) is 5.11. The number of hydrogen-bond donors (Lipinski definition) is 0. The van der Waals surface area contributed by atoms with Gasteiger partial charge in [0.05, 0.1) is 19.6 Å². The minimum atomic E-state index is -0.954. The third-order valence-corrected chi connectivity index (χ3v) is 1.78. The molecule has 0 heterocycles. The molecule has 0 aromatic heterocycles. The van der Waals surface area contributed by atoms with Gasteiger partial charge in [0.15, 0.2) is 11.6 Å². The predicted octanol–water partition coefficient (Wildman–Crippen LogP) is 2.90. The summed E-state index contributed by atoms with van der Waals surface area (Å²) in [5.74, 6) is -1.65. The lowest BCUT2D eigenvalue weighted by Gasteiger charge is -2.05. The van der Waals surface area contributed by atoms with Gasteiger partial charge >= 0.3 is 0 Å². The zero-order valence-electron chi connectivity index (χ0n) is 8.13. The fraction of sp³-hybridized carbons (Fsp3) is 0.182. The molecule has 0 unspecified atom stereocenters. The van der Waals surface area contributed by atoms with E-state index in [0.29, 0.717) is 5.56 Å². The van der Waals surface area contributed by atoms with Gasteiger partial charge in [0.1, 0.15) is 5.75 Å². The van der Waals surface area contributed by atoms with E-state index in [1.807, 2.05) is 6.07 Å². The Labute approximate surface area is 86.4 Å². The molecular formula is C11H9F2NO. The van der Waals surface area contributed by atoms with Crippen LogP contribution in [0, 0.1) is 23.0 Å². The number of halogens is 2. The topological polar surface area (TPSA) is 33.0 Å². The highest BCUT2D eigenvalue weighted by Crippen LogP contribution is 2.23. The maximum absolute atomic E-state index is 12.9. The van der Waals surface area contributed by atoms with E-state index in [1.54, 1.807) is 6.08 Å². The van der Waals surface area contributed by atoms with Gasteiger partial charge < -0.3 is 4.74 Å². The van der Waals surface area contributed by atoms with Crippen molar-refractivity contribution in [2.75, 3.05) is 7.11 Å². The molecule has 0 fully saturated rings. The zero-order chi connectivity index (χ0) is 11.3. The third kappa shape index (κ3) is 2.78. The second-order valence-corrected chi connectivity index (χ2v) is 2.77. The summed E-state index contributed by atoms with van der Waals surface area (Å²) in [4.78, 5) is 0. The molecule has 0 aliphatic rings. The average molecular weight is 209 g/mol. The van der Waals surface area contributed by atoms with E-state index in [4.69, 9.17) is 10.00 Å². The molecular weight excluding hydrogens is 200 g/mol. The first-order valence-electron chi connectivity index (χ1n) is 4.25. The monoisotopic (exact) mass is 209 g/mol. The van der Waals surface area contributed by atoms with E-state index in [2.05, 4.69) is 0 Å². The number of methoxy groups -OCH3 is 1. The van der Waals surface area contributed by atoms with E-state index in [9.17, 15) is 8.78 Å². The van der Waals surface area contributed by atoms with Gasteiger partial charge in [-0.15, -0.1) is 0 Å². The van der Waals surface area contributed by atoms with Gasteiger partial charge in [0.25, 0.3) is 0 Å². The van der Waals surface area contributed by atoms with E-state index in [0.717, 1.165) is 12.1 Å². The summed E-state index contributed by atoms with van der Waals surface area (Å²) in [5, 5.41) is 8.30. The van der Waals surface area contributed by atoms with Crippen LogP contribution in [0.3, 0.4) is 0 Å². The minimum Gasteiger partial charge on any atom is -0.496 e.